The molecule has 2 aliphatic rings. The van der Waals surface area contributed by atoms with Crippen LogP contribution in [0.25, 0.3) is 17.0 Å². The van der Waals surface area contributed by atoms with Crippen molar-refractivity contribution in [3.63, 3.8) is 0 Å². The number of aromatic nitrogens is 1. The van der Waals surface area contributed by atoms with E-state index in [4.69, 9.17) is 4.74 Å². The van der Waals surface area contributed by atoms with E-state index >= 15 is 0 Å². The number of nitrogens with zero attached hydrogens (tertiary/aromatic N) is 2. The van der Waals surface area contributed by atoms with E-state index in [0.29, 0.717) is 36.2 Å². The molecule has 4 rings (SSSR count). The first-order chi connectivity index (χ1) is 21.1. The lowest BCUT2D eigenvalue weighted by molar-refractivity contribution is -0.330. The van der Waals surface area contributed by atoms with Gasteiger partial charge >= 0.3 is 12.3 Å². The minimum Gasteiger partial charge on any atom is -0.451 e. The van der Waals surface area contributed by atoms with Crippen LogP contribution in [-0.2, 0) is 28.7 Å². The lowest BCUT2D eigenvalue weighted by Crippen LogP contribution is -2.61. The monoisotopic (exact) mass is 633 g/mol. The molecule has 3 amide bonds. The highest BCUT2D eigenvalue weighted by Crippen LogP contribution is 2.29. The Bertz CT molecular complexity index is 1480. The van der Waals surface area contributed by atoms with Crippen molar-refractivity contribution >= 4 is 40.7 Å². The van der Waals surface area contributed by atoms with E-state index in [0.717, 1.165) is 5.39 Å². The number of esters is 1. The average Bonchev–Trinajstić information content (AvgIpc) is 2.99. The fourth-order valence-corrected chi connectivity index (χ4v) is 5.04. The first-order valence-electron chi connectivity index (χ1n) is 14.8. The minimum absolute atomic E-state index is 0.291. The number of fused-ring (bicyclic) bond motifs is 4. The zero-order valence-corrected chi connectivity index (χ0v) is 25.7. The van der Waals surface area contributed by atoms with Crippen molar-refractivity contribution in [3.8, 4) is 0 Å². The van der Waals surface area contributed by atoms with Gasteiger partial charge in [-0.15, -0.1) is 13.2 Å². The van der Waals surface area contributed by atoms with E-state index in [1.807, 2.05) is 6.07 Å². The zero-order chi connectivity index (χ0) is 33.1. The topological polar surface area (TPSA) is 139 Å². The maximum Gasteiger partial charge on any atom is 0.522 e. The van der Waals surface area contributed by atoms with Crippen LogP contribution in [0.1, 0.15) is 64.8 Å². The van der Waals surface area contributed by atoms with Crippen LogP contribution in [-0.4, -0.2) is 71.4 Å². The van der Waals surface area contributed by atoms with E-state index in [9.17, 15) is 32.3 Å². The summed E-state index contributed by atoms with van der Waals surface area (Å²) in [4.78, 5) is 57.8. The van der Waals surface area contributed by atoms with Gasteiger partial charge in [0, 0.05) is 11.9 Å². The van der Waals surface area contributed by atoms with Gasteiger partial charge in [0.1, 0.15) is 17.5 Å². The highest BCUT2D eigenvalue weighted by molar-refractivity contribution is 5.91. The summed E-state index contributed by atoms with van der Waals surface area (Å²) in [6, 6.07) is 6.50. The Morgan fingerprint density at radius 1 is 1.07 bits per heavy atom. The summed E-state index contributed by atoms with van der Waals surface area (Å²) in [5, 5.41) is 7.52. The Morgan fingerprint density at radius 2 is 1.76 bits per heavy atom. The Kier molecular flexibility index (Phi) is 10.2. The highest BCUT2D eigenvalue weighted by Gasteiger charge is 2.42. The van der Waals surface area contributed by atoms with E-state index in [1.54, 1.807) is 45.0 Å². The number of carbonyl (C=O) groups excluding carboxylic acids is 4. The number of halogens is 3. The van der Waals surface area contributed by atoms with Crippen LogP contribution < -0.4 is 16.1 Å². The van der Waals surface area contributed by atoms with Crippen molar-refractivity contribution in [2.75, 3.05) is 13.2 Å². The number of hydrogen-bond donors (Lipinski definition) is 3. The van der Waals surface area contributed by atoms with Crippen LogP contribution in [0.4, 0.5) is 13.2 Å². The molecule has 0 spiro atoms. The second-order valence-electron chi connectivity index (χ2n) is 12.0. The van der Waals surface area contributed by atoms with E-state index in [2.05, 4.69) is 25.8 Å². The van der Waals surface area contributed by atoms with Crippen molar-refractivity contribution < 1.29 is 41.8 Å². The summed E-state index contributed by atoms with van der Waals surface area (Å²) >= 11 is 0. The largest absolute Gasteiger partial charge is 0.522 e. The number of amides is 3. The first kappa shape index (κ1) is 33.8. The number of ether oxygens (including phenoxy) is 2. The quantitative estimate of drug-likeness (QED) is 0.437. The maximum absolute atomic E-state index is 13.5. The summed E-state index contributed by atoms with van der Waals surface area (Å²) in [6.07, 6.45) is -2.77. The molecule has 11 nitrogen and oxygen atoms in total. The minimum atomic E-state index is -5.03. The Balaban J connectivity index is 1.75. The van der Waals surface area contributed by atoms with Gasteiger partial charge in [0.05, 0.1) is 23.9 Å². The number of hydrogen-bond acceptors (Lipinski definition) is 8. The molecule has 0 aliphatic carbocycles. The summed E-state index contributed by atoms with van der Waals surface area (Å²) in [6.45, 7) is 6.81. The standard InChI is InChI=1S/C31H38F3N5O6/c1-17(2)25-27(41)36-19(4)28(42)39-14-6-7-23(38-39)26(40)35-18(3)22-11-10-21-9-8-20(15-24(21)37-22)12-13-30(5,29(43)45-25)16-44-31(32,33)34/h8-13,15,17-19,23,25,38H,6-7,14,16H2,1-5H3,(H,35,40)(H,36,41)/b13-12+/t18-,19+,23+,25+,30?/m1/s1. The first-order valence-corrected chi connectivity index (χ1v) is 14.8. The van der Waals surface area contributed by atoms with Crippen LogP contribution in [0.5, 0.6) is 0 Å². The van der Waals surface area contributed by atoms with Gasteiger partial charge in [-0.3, -0.25) is 33.9 Å². The van der Waals surface area contributed by atoms with E-state index < -0.39 is 66.3 Å². The molecule has 2 aromatic rings. The summed E-state index contributed by atoms with van der Waals surface area (Å²) in [5.74, 6) is -3.37. The number of carbonyl (C=O) groups is 4. The molecule has 1 saturated heterocycles. The normalized spacial score (nSPS) is 28.1. The molecule has 3 N–H and O–H groups in total. The molecule has 0 saturated carbocycles. The molecule has 3 heterocycles. The lowest BCUT2D eigenvalue weighted by atomic mass is 9.90. The predicted molar refractivity (Wildman–Crippen MR) is 158 cm³/mol. The Hall–Kier alpha value is -4.04. The number of nitrogens with one attached hydrogen (secondary N) is 3. The van der Waals surface area contributed by atoms with Crippen LogP contribution in [0.15, 0.2) is 36.4 Å². The van der Waals surface area contributed by atoms with Crippen LogP contribution in [0, 0.1) is 11.3 Å². The molecule has 5 bridgehead atoms. The van der Waals surface area contributed by atoms with Crippen molar-refractivity contribution in [1.29, 1.82) is 0 Å². The molecule has 1 unspecified atom stereocenters. The fraction of sp³-hybridized carbons (Fsp3) is 0.516. The van der Waals surface area contributed by atoms with Gasteiger partial charge < -0.3 is 15.4 Å². The van der Waals surface area contributed by atoms with Gasteiger partial charge in [0.15, 0.2) is 6.10 Å². The van der Waals surface area contributed by atoms with Gasteiger partial charge in [0.25, 0.3) is 11.8 Å². The predicted octanol–water partition coefficient (Wildman–Crippen LogP) is 3.55. The third-order valence-corrected chi connectivity index (χ3v) is 7.78. The lowest BCUT2D eigenvalue weighted by Gasteiger charge is -2.35. The van der Waals surface area contributed by atoms with Gasteiger partial charge in [-0.1, -0.05) is 44.2 Å². The maximum atomic E-state index is 13.5. The van der Waals surface area contributed by atoms with E-state index in [-0.39, 0.29) is 5.91 Å². The third-order valence-electron chi connectivity index (χ3n) is 7.78. The number of alkyl halides is 3. The number of benzene rings is 1. The smallest absolute Gasteiger partial charge is 0.451 e. The number of hydrazine groups is 1. The van der Waals surface area contributed by atoms with Crippen LogP contribution in [0.3, 0.4) is 0 Å². The Labute approximate surface area is 258 Å². The SMILES string of the molecule is CC(C)[C@@H]1OC(=O)C(C)(COC(F)(F)F)/C=C/c2ccc3ccc(nc3c2)[C@@H](C)NC(=O)[C@@H]2CCCN(N2)C(=O)[C@H](C)NC1=O. The molecule has 45 heavy (non-hydrogen) atoms. The summed E-state index contributed by atoms with van der Waals surface area (Å²) < 4.78 is 48.9. The van der Waals surface area contributed by atoms with Gasteiger partial charge in [-0.05, 0) is 57.2 Å². The summed E-state index contributed by atoms with van der Waals surface area (Å²) in [5.41, 5.74) is 2.62. The summed E-state index contributed by atoms with van der Waals surface area (Å²) in [7, 11) is 0. The molecule has 1 aromatic heterocycles. The van der Waals surface area contributed by atoms with Gasteiger partial charge in [-0.2, -0.15) is 0 Å². The second-order valence-corrected chi connectivity index (χ2v) is 12.0. The molecular formula is C31H38F3N5O6. The molecular weight excluding hydrogens is 595 g/mol. The second kappa shape index (κ2) is 13.5. The van der Waals surface area contributed by atoms with Crippen LogP contribution in [0.2, 0.25) is 0 Å². The third kappa shape index (κ3) is 8.37. The van der Waals surface area contributed by atoms with Crippen molar-refractivity contribution in [3.05, 3.63) is 47.7 Å². The average molecular weight is 634 g/mol. The number of rotatable bonds is 3. The van der Waals surface area contributed by atoms with Crippen LogP contribution >= 0.6 is 0 Å². The Morgan fingerprint density at radius 3 is 2.44 bits per heavy atom. The highest BCUT2D eigenvalue weighted by atomic mass is 19.4. The molecule has 0 radical (unpaired) electrons. The fourth-order valence-electron chi connectivity index (χ4n) is 5.04. The number of cyclic esters (lactones) is 1. The van der Waals surface area contributed by atoms with Crippen molar-refractivity contribution in [2.24, 2.45) is 11.3 Å². The zero-order valence-electron chi connectivity index (χ0n) is 25.7. The van der Waals surface area contributed by atoms with Crippen molar-refractivity contribution in [2.45, 2.75) is 78.1 Å². The molecule has 1 fully saturated rings. The molecule has 1 aromatic carbocycles. The molecule has 2 aliphatic heterocycles. The van der Waals surface area contributed by atoms with Gasteiger partial charge in [0.2, 0.25) is 5.91 Å². The van der Waals surface area contributed by atoms with E-state index in [1.165, 1.54) is 31.0 Å². The number of pyridine rings is 1. The molecule has 244 valence electrons. The molecule has 5 atom stereocenters. The molecule has 14 heteroatoms. The van der Waals surface area contributed by atoms with Gasteiger partial charge in [-0.25, -0.2) is 5.43 Å². The van der Waals surface area contributed by atoms with Crippen molar-refractivity contribution in [1.82, 2.24) is 26.1 Å².